The lowest BCUT2D eigenvalue weighted by Crippen LogP contribution is -2.26. The van der Waals surface area contributed by atoms with E-state index in [1.165, 1.54) is 17.2 Å². The number of hydrogen-bond donors (Lipinski definition) is 1. The van der Waals surface area contributed by atoms with E-state index in [-0.39, 0.29) is 17.5 Å². The van der Waals surface area contributed by atoms with E-state index in [4.69, 9.17) is 4.84 Å². The van der Waals surface area contributed by atoms with Gasteiger partial charge >= 0.3 is 0 Å². The molecule has 0 radical (unpaired) electrons. The van der Waals surface area contributed by atoms with Crippen LogP contribution in [0.15, 0.2) is 54.0 Å². The predicted octanol–water partition coefficient (Wildman–Crippen LogP) is 2.62. The fraction of sp³-hybridized carbons (Fsp3) is 0.143. The van der Waals surface area contributed by atoms with Gasteiger partial charge in [-0.15, -0.1) is 0 Å². The molecule has 0 aliphatic carbocycles. The molecule has 2 aliphatic rings. The minimum atomic E-state index is -0.784. The van der Waals surface area contributed by atoms with Gasteiger partial charge in [0.25, 0.3) is 5.69 Å². The van der Waals surface area contributed by atoms with Gasteiger partial charge in [-0.3, -0.25) is 10.1 Å². The van der Waals surface area contributed by atoms with Gasteiger partial charge in [0, 0.05) is 18.3 Å². The van der Waals surface area contributed by atoms with Gasteiger partial charge in [-0.25, -0.2) is 4.39 Å². The maximum atomic E-state index is 13.9. The summed E-state index contributed by atoms with van der Waals surface area (Å²) >= 11 is 0. The number of non-ortho nitro benzene ring substituents is 1. The van der Waals surface area contributed by atoms with Crippen molar-refractivity contribution in [1.29, 1.82) is 0 Å². The number of nitro groups is 1. The Kier molecular flexibility index (Phi) is 3.09. The average Bonchev–Trinajstić information content (AvgIpc) is 2.82. The molecule has 3 rings (SSSR count). The summed E-state index contributed by atoms with van der Waals surface area (Å²) < 4.78 is 13.9. The summed E-state index contributed by atoms with van der Waals surface area (Å²) in [4.78, 5) is 15.4. The molecule has 1 atom stereocenters. The van der Waals surface area contributed by atoms with Crippen LogP contribution in [0.2, 0.25) is 0 Å². The smallest absolute Gasteiger partial charge is 0.272 e. The molecular weight excluding hydrogens is 277 g/mol. The second kappa shape index (κ2) is 4.93. The number of fused-ring (bicyclic) bond motifs is 1. The molecular formula is C14H12FN3O3. The highest BCUT2D eigenvalue weighted by atomic mass is 19.1. The van der Waals surface area contributed by atoms with E-state index in [1.807, 2.05) is 19.1 Å². The quantitative estimate of drug-likeness (QED) is 0.684. The van der Waals surface area contributed by atoms with Crippen molar-refractivity contribution in [1.82, 2.24) is 10.4 Å². The van der Waals surface area contributed by atoms with E-state index in [0.29, 0.717) is 0 Å². The molecule has 108 valence electrons. The Balaban J connectivity index is 1.84. The number of halogens is 1. The van der Waals surface area contributed by atoms with Gasteiger partial charge in [0.15, 0.2) is 11.6 Å². The molecule has 0 fully saturated rings. The van der Waals surface area contributed by atoms with Crippen molar-refractivity contribution in [2.45, 2.75) is 13.0 Å². The third-order valence-electron chi connectivity index (χ3n) is 3.11. The van der Waals surface area contributed by atoms with E-state index >= 15 is 0 Å². The molecule has 0 saturated carbocycles. The molecule has 2 aliphatic heterocycles. The molecule has 6 nitrogen and oxygen atoms in total. The average molecular weight is 289 g/mol. The number of rotatable bonds is 3. The molecule has 1 aromatic rings. The molecule has 0 amide bonds. The van der Waals surface area contributed by atoms with Crippen molar-refractivity contribution in [3.05, 3.63) is 70.0 Å². The van der Waals surface area contributed by atoms with Gasteiger partial charge < -0.3 is 10.2 Å². The zero-order valence-corrected chi connectivity index (χ0v) is 11.1. The standard InChI is InChI=1S/C14H12FN3O3/c1-9-7-13-12(16-9)3-2-6-17(13)21-14-5-4-10(18(19)20)8-11(14)15/h2-9,16H,1H3. The third kappa shape index (κ3) is 2.45. The molecule has 7 heteroatoms. The normalized spacial score (nSPS) is 19.5. The molecule has 0 spiro atoms. The first-order valence-corrected chi connectivity index (χ1v) is 6.33. The van der Waals surface area contributed by atoms with Crippen molar-refractivity contribution >= 4 is 5.69 Å². The van der Waals surface area contributed by atoms with Gasteiger partial charge in [0.2, 0.25) is 0 Å². The summed E-state index contributed by atoms with van der Waals surface area (Å²) in [6.07, 6.45) is 7.25. The van der Waals surface area contributed by atoms with E-state index in [0.717, 1.165) is 17.5 Å². The molecule has 1 unspecified atom stereocenters. The highest BCUT2D eigenvalue weighted by Gasteiger charge is 2.25. The third-order valence-corrected chi connectivity index (χ3v) is 3.11. The fourth-order valence-electron chi connectivity index (χ4n) is 2.17. The number of hydrogen-bond acceptors (Lipinski definition) is 5. The van der Waals surface area contributed by atoms with E-state index in [2.05, 4.69) is 5.32 Å². The molecule has 2 heterocycles. The van der Waals surface area contributed by atoms with E-state index < -0.39 is 10.7 Å². The number of hydroxylamine groups is 2. The summed E-state index contributed by atoms with van der Waals surface area (Å²) in [6, 6.07) is 3.43. The maximum absolute atomic E-state index is 13.9. The largest absolute Gasteiger partial charge is 0.377 e. The topological polar surface area (TPSA) is 67.6 Å². The lowest BCUT2D eigenvalue weighted by atomic mass is 10.2. The van der Waals surface area contributed by atoms with Crippen LogP contribution in [0.3, 0.4) is 0 Å². The van der Waals surface area contributed by atoms with Crippen molar-refractivity contribution in [2.75, 3.05) is 0 Å². The molecule has 0 aromatic heterocycles. The lowest BCUT2D eigenvalue weighted by molar-refractivity contribution is -0.385. The minimum absolute atomic E-state index is 0.0769. The monoisotopic (exact) mass is 289 g/mol. The maximum Gasteiger partial charge on any atom is 0.272 e. The molecule has 21 heavy (non-hydrogen) atoms. The summed E-state index contributed by atoms with van der Waals surface area (Å²) in [5.74, 6) is -0.861. The highest BCUT2D eigenvalue weighted by molar-refractivity contribution is 5.42. The second-order valence-electron chi connectivity index (χ2n) is 4.70. The minimum Gasteiger partial charge on any atom is -0.377 e. The molecule has 0 bridgehead atoms. The molecule has 1 aromatic carbocycles. The first kappa shape index (κ1) is 13.2. The van der Waals surface area contributed by atoms with Gasteiger partial charge in [-0.05, 0) is 31.2 Å². The molecule has 1 N–H and O–H groups in total. The lowest BCUT2D eigenvalue weighted by Gasteiger charge is -2.24. The number of nitro benzene ring substituents is 1. The van der Waals surface area contributed by atoms with Crippen LogP contribution in [-0.2, 0) is 0 Å². The van der Waals surface area contributed by atoms with Crippen LogP contribution in [0.5, 0.6) is 5.75 Å². The molecule has 0 saturated heterocycles. The number of nitrogens with one attached hydrogen (secondary N) is 1. The Bertz CT molecular complexity index is 697. The summed E-state index contributed by atoms with van der Waals surface area (Å²) in [6.45, 7) is 1.98. The van der Waals surface area contributed by atoms with Crippen LogP contribution in [-0.4, -0.2) is 16.0 Å². The Hall–Kier alpha value is -2.83. The van der Waals surface area contributed by atoms with Gasteiger partial charge in [0.05, 0.1) is 16.7 Å². The number of benzene rings is 1. The van der Waals surface area contributed by atoms with Gasteiger partial charge in [-0.2, -0.15) is 5.06 Å². The van der Waals surface area contributed by atoms with Crippen molar-refractivity contribution in [3.63, 3.8) is 0 Å². The zero-order chi connectivity index (χ0) is 15.0. The van der Waals surface area contributed by atoms with Crippen LogP contribution in [0.25, 0.3) is 0 Å². The van der Waals surface area contributed by atoms with E-state index in [9.17, 15) is 14.5 Å². The Labute approximate surface area is 119 Å². The Morgan fingerprint density at radius 2 is 2.29 bits per heavy atom. The highest BCUT2D eigenvalue weighted by Crippen LogP contribution is 2.29. The fourth-order valence-corrected chi connectivity index (χ4v) is 2.17. The van der Waals surface area contributed by atoms with Crippen LogP contribution in [0.1, 0.15) is 6.92 Å². The van der Waals surface area contributed by atoms with Crippen molar-refractivity contribution in [3.8, 4) is 5.75 Å². The van der Waals surface area contributed by atoms with Crippen molar-refractivity contribution < 1.29 is 14.2 Å². The number of nitrogens with zero attached hydrogens (tertiary/aromatic N) is 2. The van der Waals surface area contributed by atoms with Crippen LogP contribution in [0.4, 0.5) is 10.1 Å². The van der Waals surface area contributed by atoms with Crippen LogP contribution in [0, 0.1) is 15.9 Å². The summed E-state index contributed by atoms with van der Waals surface area (Å²) in [5.41, 5.74) is 1.35. The van der Waals surface area contributed by atoms with Crippen LogP contribution >= 0.6 is 0 Å². The first-order chi connectivity index (χ1) is 10.0. The zero-order valence-electron chi connectivity index (χ0n) is 11.1. The Morgan fingerprint density at radius 3 is 3.00 bits per heavy atom. The Morgan fingerprint density at radius 1 is 1.48 bits per heavy atom. The second-order valence-corrected chi connectivity index (χ2v) is 4.70. The number of allylic oxidation sites excluding steroid dienone is 2. The van der Waals surface area contributed by atoms with Crippen molar-refractivity contribution in [2.24, 2.45) is 0 Å². The van der Waals surface area contributed by atoms with Crippen LogP contribution < -0.4 is 10.2 Å². The summed E-state index contributed by atoms with van der Waals surface area (Å²) in [7, 11) is 0. The van der Waals surface area contributed by atoms with Gasteiger partial charge in [0.1, 0.15) is 5.70 Å². The first-order valence-electron chi connectivity index (χ1n) is 6.33. The summed E-state index contributed by atoms with van der Waals surface area (Å²) in [5, 5.41) is 15.2. The van der Waals surface area contributed by atoms with Gasteiger partial charge in [-0.1, -0.05) is 0 Å². The SMILES string of the molecule is CC1C=C2C(=CC=CN2Oc2ccc([N+](=O)[O-])cc2F)N1. The van der Waals surface area contributed by atoms with E-state index in [1.54, 1.807) is 12.3 Å². The predicted molar refractivity (Wildman–Crippen MR) is 73.4 cm³/mol.